The summed E-state index contributed by atoms with van der Waals surface area (Å²) in [5.74, 6) is -1.28. The van der Waals surface area contributed by atoms with Gasteiger partial charge in [-0.25, -0.2) is 9.59 Å². The second-order valence-corrected chi connectivity index (χ2v) is 6.43. The fraction of sp³-hybridized carbons (Fsp3) is 0.765. The first-order chi connectivity index (χ1) is 12.6. The minimum absolute atomic E-state index is 0.154. The summed E-state index contributed by atoms with van der Waals surface area (Å²) < 4.78 is 9.56. The van der Waals surface area contributed by atoms with Gasteiger partial charge in [-0.05, 0) is 25.7 Å². The summed E-state index contributed by atoms with van der Waals surface area (Å²) >= 11 is 0. The molecule has 0 aliphatic carbocycles. The third kappa shape index (κ3) is 9.66. The zero-order valence-corrected chi connectivity index (χ0v) is 16.9. The van der Waals surface area contributed by atoms with Gasteiger partial charge in [0.1, 0.15) is 12.1 Å². The summed E-state index contributed by atoms with van der Waals surface area (Å²) in [6.45, 7) is 10.6. The zero-order chi connectivity index (χ0) is 21.0. The zero-order valence-electron chi connectivity index (χ0n) is 16.9. The molecule has 2 unspecified atom stereocenters. The van der Waals surface area contributed by atoms with Crippen molar-refractivity contribution >= 4 is 24.0 Å². The summed E-state index contributed by atoms with van der Waals surface area (Å²) in [5, 5.41) is 10.0. The van der Waals surface area contributed by atoms with E-state index in [0.717, 1.165) is 0 Å². The smallest absolute Gasteiger partial charge is 0.407 e. The van der Waals surface area contributed by atoms with Gasteiger partial charge in [0.2, 0.25) is 11.8 Å². The van der Waals surface area contributed by atoms with E-state index in [1.54, 1.807) is 41.5 Å². The Morgan fingerprint density at radius 1 is 0.704 bits per heavy atom. The van der Waals surface area contributed by atoms with Gasteiger partial charge in [-0.3, -0.25) is 9.59 Å². The van der Waals surface area contributed by atoms with E-state index in [1.165, 1.54) is 0 Å². The fourth-order valence-corrected chi connectivity index (χ4v) is 2.11. The number of hydrogen-bond donors (Lipinski definition) is 4. The minimum atomic E-state index is -0.806. The lowest BCUT2D eigenvalue weighted by Gasteiger charge is -2.23. The highest BCUT2D eigenvalue weighted by atomic mass is 16.6. The number of nitrogens with one attached hydrogen (secondary N) is 4. The molecule has 0 saturated carbocycles. The molecular weight excluding hydrogens is 356 g/mol. The van der Waals surface area contributed by atoms with Crippen molar-refractivity contribution < 1.29 is 28.7 Å². The number of amides is 4. The Bertz CT molecular complexity index is 466. The summed E-state index contributed by atoms with van der Waals surface area (Å²) in [6, 6.07) is -1.61. The van der Waals surface area contributed by atoms with Crippen LogP contribution in [0, 0.1) is 11.8 Å². The second kappa shape index (κ2) is 12.8. The molecule has 0 spiro atoms. The predicted octanol–water partition coefficient (Wildman–Crippen LogP) is 0.718. The van der Waals surface area contributed by atoms with E-state index in [9.17, 15) is 19.2 Å². The Kier molecular flexibility index (Phi) is 11.6. The molecule has 0 saturated heterocycles. The molecule has 27 heavy (non-hydrogen) atoms. The molecule has 156 valence electrons. The summed E-state index contributed by atoms with van der Waals surface area (Å²) in [5.41, 5.74) is 0. The van der Waals surface area contributed by atoms with Crippen molar-refractivity contribution in [3.63, 3.8) is 0 Å². The van der Waals surface area contributed by atoms with Crippen LogP contribution in [0.5, 0.6) is 0 Å². The van der Waals surface area contributed by atoms with E-state index in [4.69, 9.17) is 9.47 Å². The van der Waals surface area contributed by atoms with Crippen molar-refractivity contribution in [2.45, 2.75) is 53.6 Å². The SMILES string of the molecule is CCOC(=O)NC(C(=O)NCNC(=O)C(NC(=O)OCC)C(C)C)C(C)C. The number of carbonyl (C=O) groups is 4. The Morgan fingerprint density at radius 3 is 1.30 bits per heavy atom. The number of alkyl carbamates (subject to hydrolysis) is 2. The van der Waals surface area contributed by atoms with E-state index in [1.807, 2.05) is 0 Å². The third-order valence-corrected chi connectivity index (χ3v) is 3.52. The molecule has 0 radical (unpaired) electrons. The molecule has 0 bridgehead atoms. The minimum Gasteiger partial charge on any atom is -0.450 e. The Morgan fingerprint density at radius 2 is 1.04 bits per heavy atom. The van der Waals surface area contributed by atoms with Crippen molar-refractivity contribution in [2.24, 2.45) is 11.8 Å². The van der Waals surface area contributed by atoms with E-state index >= 15 is 0 Å². The molecule has 0 rings (SSSR count). The number of carbonyl (C=O) groups excluding carboxylic acids is 4. The summed E-state index contributed by atoms with van der Waals surface area (Å²) in [7, 11) is 0. The topological polar surface area (TPSA) is 135 Å². The lowest BCUT2D eigenvalue weighted by Crippen LogP contribution is -2.55. The Labute approximate surface area is 160 Å². The van der Waals surface area contributed by atoms with Crippen LogP contribution in [-0.4, -0.2) is 56.0 Å². The van der Waals surface area contributed by atoms with Crippen LogP contribution in [0.15, 0.2) is 0 Å². The molecule has 0 aromatic rings. The highest BCUT2D eigenvalue weighted by molar-refractivity contribution is 5.88. The van der Waals surface area contributed by atoms with Crippen LogP contribution in [0.3, 0.4) is 0 Å². The number of ether oxygens (including phenoxy) is 2. The first kappa shape index (κ1) is 24.5. The molecule has 4 amide bonds. The molecule has 2 atom stereocenters. The van der Waals surface area contributed by atoms with Crippen LogP contribution < -0.4 is 21.3 Å². The van der Waals surface area contributed by atoms with Gasteiger partial charge in [-0.1, -0.05) is 27.7 Å². The van der Waals surface area contributed by atoms with Gasteiger partial charge in [-0.15, -0.1) is 0 Å². The average Bonchev–Trinajstić information content (AvgIpc) is 2.57. The predicted molar refractivity (Wildman–Crippen MR) is 98.7 cm³/mol. The van der Waals surface area contributed by atoms with E-state index < -0.39 is 36.1 Å². The summed E-state index contributed by atoms with van der Waals surface area (Å²) in [4.78, 5) is 47.6. The standard InChI is InChI=1S/C17H32N4O6/c1-7-26-16(24)20-12(10(3)4)14(22)18-9-19-15(23)13(11(5)6)21-17(25)27-8-2/h10-13H,7-9H2,1-6H3,(H,18,22)(H,19,23)(H,20,24)(H,21,25). The van der Waals surface area contributed by atoms with Crippen LogP contribution in [0.4, 0.5) is 9.59 Å². The number of rotatable bonds is 10. The maximum absolute atomic E-state index is 12.3. The van der Waals surface area contributed by atoms with Crippen LogP contribution in [0.1, 0.15) is 41.5 Å². The lowest BCUT2D eigenvalue weighted by molar-refractivity contribution is -0.126. The van der Waals surface area contributed by atoms with Gasteiger partial charge in [0, 0.05) is 0 Å². The molecule has 0 aliphatic heterocycles. The van der Waals surface area contributed by atoms with Gasteiger partial charge in [-0.2, -0.15) is 0 Å². The van der Waals surface area contributed by atoms with Crippen molar-refractivity contribution in [3.05, 3.63) is 0 Å². The lowest BCUT2D eigenvalue weighted by atomic mass is 10.0. The molecular formula is C17H32N4O6. The van der Waals surface area contributed by atoms with Crippen molar-refractivity contribution in [1.82, 2.24) is 21.3 Å². The normalized spacial score (nSPS) is 12.7. The molecule has 0 aliphatic rings. The van der Waals surface area contributed by atoms with Crippen molar-refractivity contribution in [2.75, 3.05) is 19.9 Å². The largest absolute Gasteiger partial charge is 0.450 e. The molecule has 10 heteroatoms. The van der Waals surface area contributed by atoms with Gasteiger partial charge in [0.05, 0.1) is 19.9 Å². The van der Waals surface area contributed by atoms with Crippen molar-refractivity contribution in [1.29, 1.82) is 0 Å². The highest BCUT2D eigenvalue weighted by Gasteiger charge is 2.26. The Hall–Kier alpha value is -2.52. The quantitative estimate of drug-likeness (QED) is 0.407. The van der Waals surface area contributed by atoms with Gasteiger partial charge in [0.15, 0.2) is 0 Å². The monoisotopic (exact) mass is 388 g/mol. The molecule has 0 aromatic heterocycles. The Balaban J connectivity index is 4.62. The van der Waals surface area contributed by atoms with Gasteiger partial charge >= 0.3 is 12.2 Å². The van der Waals surface area contributed by atoms with Crippen molar-refractivity contribution in [3.8, 4) is 0 Å². The van der Waals surface area contributed by atoms with E-state index in [-0.39, 0.29) is 31.7 Å². The van der Waals surface area contributed by atoms with Crippen LogP contribution in [0.2, 0.25) is 0 Å². The molecule has 4 N–H and O–H groups in total. The molecule has 0 heterocycles. The van der Waals surface area contributed by atoms with Crippen LogP contribution >= 0.6 is 0 Å². The second-order valence-electron chi connectivity index (χ2n) is 6.43. The molecule has 0 fully saturated rings. The molecule has 10 nitrogen and oxygen atoms in total. The number of hydrogen-bond acceptors (Lipinski definition) is 6. The first-order valence-electron chi connectivity index (χ1n) is 9.05. The maximum Gasteiger partial charge on any atom is 0.407 e. The van der Waals surface area contributed by atoms with E-state index in [2.05, 4.69) is 21.3 Å². The van der Waals surface area contributed by atoms with Crippen LogP contribution in [-0.2, 0) is 19.1 Å². The third-order valence-electron chi connectivity index (χ3n) is 3.52. The summed E-state index contributed by atoms with van der Waals surface area (Å²) in [6.07, 6.45) is -1.37. The van der Waals surface area contributed by atoms with Gasteiger partial charge < -0.3 is 30.7 Å². The average molecular weight is 388 g/mol. The van der Waals surface area contributed by atoms with E-state index in [0.29, 0.717) is 0 Å². The van der Waals surface area contributed by atoms with Crippen LogP contribution in [0.25, 0.3) is 0 Å². The van der Waals surface area contributed by atoms with Gasteiger partial charge in [0.25, 0.3) is 0 Å². The molecule has 0 aromatic carbocycles. The maximum atomic E-state index is 12.3. The highest BCUT2D eigenvalue weighted by Crippen LogP contribution is 2.03. The fourth-order valence-electron chi connectivity index (χ4n) is 2.11. The first-order valence-corrected chi connectivity index (χ1v) is 9.05.